The monoisotopic (exact) mass is 297 g/mol. The minimum absolute atomic E-state index is 0.00121. The second-order valence-corrected chi connectivity index (χ2v) is 5.21. The van der Waals surface area contributed by atoms with E-state index < -0.39 is 17.8 Å². The second-order valence-electron chi connectivity index (χ2n) is 5.21. The third-order valence-corrected chi connectivity index (χ3v) is 3.62. The number of hydrogen-bond donors (Lipinski definition) is 1. The lowest BCUT2D eigenvalue weighted by atomic mass is 9.99. The van der Waals surface area contributed by atoms with Crippen LogP contribution in [0.15, 0.2) is 28.7 Å². The van der Waals surface area contributed by atoms with E-state index in [0.29, 0.717) is 30.7 Å². The van der Waals surface area contributed by atoms with E-state index >= 15 is 0 Å². The summed E-state index contributed by atoms with van der Waals surface area (Å²) in [7, 11) is 0. The largest absolute Gasteiger partial charge is 0.445 e. The average Bonchev–Trinajstić information content (AvgIpc) is 2.79. The van der Waals surface area contributed by atoms with Crippen LogP contribution in [0.1, 0.15) is 34.9 Å². The van der Waals surface area contributed by atoms with Gasteiger partial charge < -0.3 is 9.52 Å². The molecule has 1 aromatic heterocycles. The molecule has 0 radical (unpaired) electrons. The summed E-state index contributed by atoms with van der Waals surface area (Å²) in [6.45, 7) is 0. The first-order chi connectivity index (χ1) is 9.93. The van der Waals surface area contributed by atoms with E-state index in [1.54, 1.807) is 6.07 Å². The maximum Gasteiger partial charge on any atom is 0.416 e. The fourth-order valence-corrected chi connectivity index (χ4v) is 2.60. The van der Waals surface area contributed by atoms with Crippen molar-refractivity contribution in [3.05, 3.63) is 52.7 Å². The fraction of sp³-hybridized carbons (Fsp3) is 0.400. The molecule has 0 saturated heterocycles. The number of hydrogen-bond acceptors (Lipinski definition) is 3. The number of alkyl halides is 3. The Bertz CT molecular complexity index is 649. The third-order valence-electron chi connectivity index (χ3n) is 3.62. The molecule has 1 atom stereocenters. The standard InChI is InChI=1S/C15H14F3NO2/c16-15(17,18)11-4-2-1-3-9(11)7-14-19-12-8-10(20)5-6-13(12)21-14/h1-4,10,20H,5-8H2. The normalized spacial score (nSPS) is 18.6. The van der Waals surface area contributed by atoms with Gasteiger partial charge in [0, 0.05) is 19.3 Å². The number of halogens is 3. The van der Waals surface area contributed by atoms with E-state index in [4.69, 9.17) is 4.42 Å². The molecule has 1 aliphatic carbocycles. The quantitative estimate of drug-likeness (QED) is 0.926. The van der Waals surface area contributed by atoms with Gasteiger partial charge in [0.15, 0.2) is 5.89 Å². The van der Waals surface area contributed by atoms with E-state index in [9.17, 15) is 18.3 Å². The van der Waals surface area contributed by atoms with Crippen molar-refractivity contribution in [2.75, 3.05) is 0 Å². The Morgan fingerprint density at radius 3 is 2.81 bits per heavy atom. The molecule has 0 amide bonds. The van der Waals surface area contributed by atoms with Gasteiger partial charge >= 0.3 is 6.18 Å². The third kappa shape index (κ3) is 2.95. The molecule has 0 spiro atoms. The van der Waals surface area contributed by atoms with Crippen LogP contribution in [0.2, 0.25) is 0 Å². The average molecular weight is 297 g/mol. The maximum absolute atomic E-state index is 12.9. The van der Waals surface area contributed by atoms with Crippen molar-refractivity contribution in [1.82, 2.24) is 4.98 Å². The van der Waals surface area contributed by atoms with Crippen molar-refractivity contribution in [2.24, 2.45) is 0 Å². The van der Waals surface area contributed by atoms with Gasteiger partial charge in [0.05, 0.1) is 17.4 Å². The van der Waals surface area contributed by atoms with E-state index in [1.807, 2.05) is 0 Å². The number of fused-ring (bicyclic) bond motifs is 1. The zero-order valence-corrected chi connectivity index (χ0v) is 11.2. The Morgan fingerprint density at radius 2 is 2.05 bits per heavy atom. The summed E-state index contributed by atoms with van der Waals surface area (Å²) >= 11 is 0. The van der Waals surface area contributed by atoms with Crippen LogP contribution in [0.3, 0.4) is 0 Å². The first-order valence-corrected chi connectivity index (χ1v) is 6.74. The van der Waals surface area contributed by atoms with Crippen molar-refractivity contribution in [2.45, 2.75) is 38.0 Å². The van der Waals surface area contributed by atoms with Gasteiger partial charge in [-0.1, -0.05) is 18.2 Å². The zero-order valence-electron chi connectivity index (χ0n) is 11.2. The van der Waals surface area contributed by atoms with Crippen molar-refractivity contribution >= 4 is 0 Å². The van der Waals surface area contributed by atoms with Gasteiger partial charge in [-0.25, -0.2) is 4.98 Å². The SMILES string of the molecule is OC1CCc2oc(Cc3ccccc3C(F)(F)F)nc2C1. The lowest BCUT2D eigenvalue weighted by molar-refractivity contribution is -0.138. The number of aliphatic hydroxyl groups excluding tert-OH is 1. The minimum atomic E-state index is -4.39. The van der Waals surface area contributed by atoms with Gasteiger partial charge in [0.25, 0.3) is 0 Å². The summed E-state index contributed by atoms with van der Waals surface area (Å²) in [6, 6.07) is 5.42. The van der Waals surface area contributed by atoms with Crippen LogP contribution in [-0.2, 0) is 25.4 Å². The van der Waals surface area contributed by atoms with E-state index in [2.05, 4.69) is 4.98 Å². The molecular formula is C15H14F3NO2. The Labute approximate surface area is 119 Å². The molecule has 0 bridgehead atoms. The van der Waals surface area contributed by atoms with Crippen molar-refractivity contribution < 1.29 is 22.7 Å². The Morgan fingerprint density at radius 1 is 1.29 bits per heavy atom. The number of rotatable bonds is 2. The molecule has 3 rings (SSSR count). The molecule has 0 saturated carbocycles. The Hall–Kier alpha value is -1.82. The zero-order chi connectivity index (χ0) is 15.0. The van der Waals surface area contributed by atoms with Gasteiger partial charge in [0.1, 0.15) is 5.76 Å². The maximum atomic E-state index is 12.9. The second kappa shape index (κ2) is 5.18. The van der Waals surface area contributed by atoms with Crippen LogP contribution in [0, 0.1) is 0 Å². The molecule has 21 heavy (non-hydrogen) atoms. The molecule has 1 N–H and O–H groups in total. The van der Waals surface area contributed by atoms with Crippen LogP contribution in [0.25, 0.3) is 0 Å². The number of aryl methyl sites for hydroxylation is 1. The van der Waals surface area contributed by atoms with E-state index in [0.717, 1.165) is 6.07 Å². The summed E-state index contributed by atoms with van der Waals surface area (Å²) in [5, 5.41) is 9.58. The molecule has 112 valence electrons. The van der Waals surface area contributed by atoms with Gasteiger partial charge in [-0.05, 0) is 18.1 Å². The Kier molecular flexibility index (Phi) is 3.49. The predicted molar refractivity (Wildman–Crippen MR) is 68.8 cm³/mol. The molecule has 3 nitrogen and oxygen atoms in total. The van der Waals surface area contributed by atoms with Gasteiger partial charge in [-0.2, -0.15) is 13.2 Å². The van der Waals surface area contributed by atoms with Gasteiger partial charge in [0.2, 0.25) is 0 Å². The Balaban J connectivity index is 1.88. The number of aliphatic hydroxyl groups is 1. The highest BCUT2D eigenvalue weighted by atomic mass is 19.4. The highest BCUT2D eigenvalue weighted by Gasteiger charge is 2.33. The topological polar surface area (TPSA) is 46.3 Å². The smallest absolute Gasteiger partial charge is 0.416 e. The number of benzene rings is 1. The molecule has 2 aromatic rings. The highest BCUT2D eigenvalue weighted by molar-refractivity contribution is 5.32. The highest BCUT2D eigenvalue weighted by Crippen LogP contribution is 2.33. The van der Waals surface area contributed by atoms with Gasteiger partial charge in [-0.3, -0.25) is 0 Å². The number of nitrogens with zero attached hydrogens (tertiary/aromatic N) is 1. The summed E-state index contributed by atoms with van der Waals surface area (Å²) in [5.74, 6) is 0.950. The summed E-state index contributed by atoms with van der Waals surface area (Å²) < 4.78 is 44.4. The molecule has 0 fully saturated rings. The predicted octanol–water partition coefficient (Wildman–Crippen LogP) is 3.13. The summed E-state index contributed by atoms with van der Waals surface area (Å²) in [5.41, 5.74) is 0.138. The first kappa shape index (κ1) is 14.1. The number of aromatic nitrogens is 1. The molecule has 1 aliphatic rings. The van der Waals surface area contributed by atoms with Gasteiger partial charge in [-0.15, -0.1) is 0 Å². The lowest BCUT2D eigenvalue weighted by Crippen LogP contribution is -2.17. The molecule has 6 heteroatoms. The molecule has 0 aliphatic heterocycles. The molecular weight excluding hydrogens is 283 g/mol. The fourth-order valence-electron chi connectivity index (χ4n) is 2.60. The lowest BCUT2D eigenvalue weighted by Gasteiger charge is -2.13. The number of oxazole rings is 1. The molecule has 1 heterocycles. The van der Waals surface area contributed by atoms with E-state index in [-0.39, 0.29) is 17.9 Å². The van der Waals surface area contributed by atoms with Crippen molar-refractivity contribution in [3.63, 3.8) is 0 Å². The minimum Gasteiger partial charge on any atom is -0.445 e. The van der Waals surface area contributed by atoms with Crippen LogP contribution in [0.4, 0.5) is 13.2 Å². The first-order valence-electron chi connectivity index (χ1n) is 6.74. The van der Waals surface area contributed by atoms with Crippen molar-refractivity contribution in [1.29, 1.82) is 0 Å². The summed E-state index contributed by atoms with van der Waals surface area (Å²) in [6.07, 6.45) is -3.26. The molecule has 1 unspecified atom stereocenters. The van der Waals surface area contributed by atoms with Crippen LogP contribution < -0.4 is 0 Å². The molecule has 1 aromatic carbocycles. The van der Waals surface area contributed by atoms with Crippen molar-refractivity contribution in [3.8, 4) is 0 Å². The summed E-state index contributed by atoms with van der Waals surface area (Å²) in [4.78, 5) is 4.23. The van der Waals surface area contributed by atoms with Crippen LogP contribution >= 0.6 is 0 Å². The van der Waals surface area contributed by atoms with Crippen LogP contribution in [-0.4, -0.2) is 16.2 Å². The van der Waals surface area contributed by atoms with E-state index in [1.165, 1.54) is 12.1 Å². The van der Waals surface area contributed by atoms with Crippen LogP contribution in [0.5, 0.6) is 0 Å².